The van der Waals surface area contributed by atoms with Gasteiger partial charge in [0.25, 0.3) is 5.91 Å². The predicted octanol–water partition coefficient (Wildman–Crippen LogP) is 3.85. The number of fused-ring (bicyclic) bond motifs is 1. The normalized spacial score (nSPS) is 11.4. The Hall–Kier alpha value is -4.72. The number of hydrogen-bond donors (Lipinski definition) is 2. The molecule has 0 saturated carbocycles. The number of benzene rings is 2. The number of amides is 2. The van der Waals surface area contributed by atoms with Crippen molar-refractivity contribution in [3.63, 3.8) is 0 Å². The van der Waals surface area contributed by atoms with Gasteiger partial charge in [0.2, 0.25) is 5.91 Å². The lowest BCUT2D eigenvalue weighted by Crippen LogP contribution is -2.22. The van der Waals surface area contributed by atoms with Crippen LogP contribution in [0.5, 0.6) is 0 Å². The van der Waals surface area contributed by atoms with Gasteiger partial charge < -0.3 is 11.5 Å². The molecule has 0 aliphatic carbocycles. The molecule has 2 aromatic carbocycles. The monoisotopic (exact) mass is 492 g/mol. The van der Waals surface area contributed by atoms with Gasteiger partial charge in [-0.05, 0) is 43.2 Å². The summed E-state index contributed by atoms with van der Waals surface area (Å²) in [6, 6.07) is 13.0. The predicted molar refractivity (Wildman–Crippen MR) is 125 cm³/mol. The number of nitrogens with two attached hydrogens (primary N) is 2. The first kappa shape index (κ1) is 24.4. The van der Waals surface area contributed by atoms with Crippen molar-refractivity contribution < 1.29 is 22.8 Å². The molecule has 182 valence electrons. The molecule has 8 nitrogen and oxygen atoms in total. The number of nitriles is 1. The van der Waals surface area contributed by atoms with E-state index in [1.54, 1.807) is 31.2 Å². The fourth-order valence-corrected chi connectivity index (χ4v) is 4.21. The number of hydrogen-bond acceptors (Lipinski definition) is 5. The smallest absolute Gasteiger partial charge is 0.366 e. The molecule has 0 spiro atoms. The Bertz CT molecular complexity index is 1580. The average Bonchev–Trinajstić information content (AvgIpc) is 3.14. The topological polar surface area (TPSA) is 141 Å². The van der Waals surface area contributed by atoms with Gasteiger partial charge in [-0.25, -0.2) is 4.98 Å². The highest BCUT2D eigenvalue weighted by molar-refractivity contribution is 6.16. The molecule has 2 amide bonds. The van der Waals surface area contributed by atoms with Crippen LogP contribution in [0.2, 0.25) is 0 Å². The van der Waals surface area contributed by atoms with E-state index in [9.17, 15) is 22.8 Å². The fraction of sp³-hybridized carbons (Fsp3) is 0.160. The van der Waals surface area contributed by atoms with Gasteiger partial charge in [0.1, 0.15) is 5.69 Å². The summed E-state index contributed by atoms with van der Waals surface area (Å²) < 4.78 is 43.9. The quantitative estimate of drug-likeness (QED) is 0.435. The van der Waals surface area contributed by atoms with Crippen molar-refractivity contribution in [2.24, 2.45) is 11.5 Å². The molecule has 36 heavy (non-hydrogen) atoms. The first-order valence-corrected chi connectivity index (χ1v) is 10.6. The molecule has 0 unspecified atom stereocenters. The largest absolute Gasteiger partial charge is 0.435 e. The summed E-state index contributed by atoms with van der Waals surface area (Å²) in [5.41, 5.74) is 9.87. The molecule has 4 N–H and O–H groups in total. The van der Waals surface area contributed by atoms with Gasteiger partial charge in [-0.2, -0.15) is 23.5 Å². The molecular formula is C25H19F3N6O2. The Morgan fingerprint density at radius 1 is 1.03 bits per heavy atom. The molecule has 0 saturated heterocycles. The first-order valence-electron chi connectivity index (χ1n) is 10.6. The molecule has 4 aromatic rings. The van der Waals surface area contributed by atoms with Crippen LogP contribution >= 0.6 is 0 Å². The van der Waals surface area contributed by atoms with Gasteiger partial charge >= 0.3 is 6.18 Å². The third kappa shape index (κ3) is 4.13. The zero-order valence-corrected chi connectivity index (χ0v) is 19.1. The minimum absolute atomic E-state index is 0.0198. The molecule has 11 heteroatoms. The summed E-state index contributed by atoms with van der Waals surface area (Å²) in [6.07, 6.45) is -4.94. The highest BCUT2D eigenvalue weighted by Gasteiger charge is 2.41. The minimum atomic E-state index is -4.94. The van der Waals surface area contributed by atoms with Crippen molar-refractivity contribution in [2.45, 2.75) is 26.6 Å². The van der Waals surface area contributed by atoms with E-state index in [-0.39, 0.29) is 28.7 Å². The van der Waals surface area contributed by atoms with Crippen LogP contribution in [0.1, 0.15) is 48.9 Å². The van der Waals surface area contributed by atoms with Gasteiger partial charge in [0.05, 0.1) is 29.3 Å². The van der Waals surface area contributed by atoms with E-state index in [1.807, 2.05) is 6.07 Å². The third-order valence-corrected chi connectivity index (χ3v) is 5.84. The van der Waals surface area contributed by atoms with Crippen LogP contribution in [-0.4, -0.2) is 26.6 Å². The summed E-state index contributed by atoms with van der Waals surface area (Å²) in [6.45, 7) is 2.97. The van der Waals surface area contributed by atoms with Crippen molar-refractivity contribution in [1.29, 1.82) is 5.26 Å². The number of pyridine rings is 1. The van der Waals surface area contributed by atoms with Crippen LogP contribution in [0, 0.1) is 25.2 Å². The number of carbonyl (C=O) groups excluding carboxylic acids is 2. The van der Waals surface area contributed by atoms with Crippen molar-refractivity contribution in [1.82, 2.24) is 14.8 Å². The number of nitrogens with zero attached hydrogens (tertiary/aromatic N) is 4. The zero-order valence-electron chi connectivity index (χ0n) is 19.1. The number of carbonyl (C=O) groups is 2. The van der Waals surface area contributed by atoms with Gasteiger partial charge in [-0.3, -0.25) is 14.3 Å². The standard InChI is InChI=1S/C25H19F3N6O2/c1-12-4-3-5-16-17(12)20(23(30)35)19(21(32-16)24(31)36)18-13(2)34(33-22(18)25(26,27)28)11-15-8-6-14(10-29)7-9-15/h3-9H,11H2,1-2H3,(H2,30,35)(H2,31,36). The Balaban J connectivity index is 2.09. The van der Waals surface area contributed by atoms with Crippen LogP contribution in [0.25, 0.3) is 22.0 Å². The molecule has 4 rings (SSSR count). The van der Waals surface area contributed by atoms with Crippen molar-refractivity contribution in [2.75, 3.05) is 0 Å². The molecule has 0 aliphatic rings. The second-order valence-electron chi connectivity index (χ2n) is 8.18. The maximum Gasteiger partial charge on any atom is 0.435 e. The van der Waals surface area contributed by atoms with Crippen molar-refractivity contribution in [3.05, 3.63) is 81.8 Å². The van der Waals surface area contributed by atoms with Gasteiger partial charge in [0.15, 0.2) is 5.69 Å². The van der Waals surface area contributed by atoms with E-state index in [1.165, 1.54) is 25.1 Å². The molecule has 0 aliphatic heterocycles. The SMILES string of the molecule is Cc1cccc2nc(C(N)=O)c(-c3c(C(F)(F)F)nn(Cc4ccc(C#N)cc4)c3C)c(C(N)=O)c12. The van der Waals surface area contributed by atoms with E-state index >= 15 is 0 Å². The Kier molecular flexibility index (Phi) is 5.97. The second-order valence-corrected chi connectivity index (χ2v) is 8.18. The lowest BCUT2D eigenvalue weighted by molar-refractivity contribution is -0.141. The number of rotatable bonds is 5. The van der Waals surface area contributed by atoms with Gasteiger partial charge in [-0.1, -0.05) is 24.3 Å². The van der Waals surface area contributed by atoms with Crippen LogP contribution in [0.15, 0.2) is 42.5 Å². The van der Waals surface area contributed by atoms with E-state index in [0.29, 0.717) is 16.7 Å². The van der Waals surface area contributed by atoms with E-state index in [0.717, 1.165) is 4.68 Å². The molecule has 2 heterocycles. The maximum absolute atomic E-state index is 14.3. The first-order chi connectivity index (χ1) is 16.9. The molecule has 0 radical (unpaired) electrons. The maximum atomic E-state index is 14.3. The van der Waals surface area contributed by atoms with Crippen molar-refractivity contribution in [3.8, 4) is 17.2 Å². The highest BCUT2D eigenvalue weighted by Crippen LogP contribution is 2.42. The summed E-state index contributed by atoms with van der Waals surface area (Å²) in [7, 11) is 0. The summed E-state index contributed by atoms with van der Waals surface area (Å²) in [5, 5.41) is 13.0. The number of aromatic nitrogens is 3. The zero-order chi connectivity index (χ0) is 26.4. The van der Waals surface area contributed by atoms with Gasteiger partial charge in [-0.15, -0.1) is 0 Å². The Morgan fingerprint density at radius 3 is 2.25 bits per heavy atom. The third-order valence-electron chi connectivity index (χ3n) is 5.84. The van der Waals surface area contributed by atoms with E-state index in [4.69, 9.17) is 16.7 Å². The highest BCUT2D eigenvalue weighted by atomic mass is 19.4. The van der Waals surface area contributed by atoms with E-state index in [2.05, 4.69) is 10.1 Å². The van der Waals surface area contributed by atoms with Crippen LogP contribution < -0.4 is 11.5 Å². The lowest BCUT2D eigenvalue weighted by atomic mass is 9.90. The minimum Gasteiger partial charge on any atom is -0.366 e. The Morgan fingerprint density at radius 2 is 1.69 bits per heavy atom. The number of primary amides is 2. The number of aryl methyl sites for hydroxylation is 1. The molecule has 2 aromatic heterocycles. The molecule has 0 bridgehead atoms. The lowest BCUT2D eigenvalue weighted by Gasteiger charge is -2.17. The average molecular weight is 492 g/mol. The van der Waals surface area contributed by atoms with Gasteiger partial charge in [0, 0.05) is 22.2 Å². The summed E-state index contributed by atoms with van der Waals surface area (Å²) >= 11 is 0. The van der Waals surface area contributed by atoms with Crippen LogP contribution in [0.3, 0.4) is 0 Å². The summed E-state index contributed by atoms with van der Waals surface area (Å²) in [5.74, 6) is -2.16. The fourth-order valence-electron chi connectivity index (χ4n) is 4.21. The Labute approximate surface area is 203 Å². The molecular weight excluding hydrogens is 473 g/mol. The molecule has 0 atom stereocenters. The van der Waals surface area contributed by atoms with E-state index < -0.39 is 40.5 Å². The number of alkyl halides is 3. The summed E-state index contributed by atoms with van der Waals surface area (Å²) in [4.78, 5) is 29.3. The molecule has 0 fully saturated rings. The van der Waals surface area contributed by atoms with Crippen molar-refractivity contribution >= 4 is 22.7 Å². The number of halogens is 3. The second kappa shape index (κ2) is 8.81. The van der Waals surface area contributed by atoms with Crippen LogP contribution in [0.4, 0.5) is 13.2 Å². The van der Waals surface area contributed by atoms with Crippen LogP contribution in [-0.2, 0) is 12.7 Å².